The van der Waals surface area contributed by atoms with E-state index in [1.807, 2.05) is 32.0 Å². The number of aromatic nitrogens is 2. The Kier molecular flexibility index (Phi) is 6.69. The molecule has 0 N–H and O–H groups in total. The van der Waals surface area contributed by atoms with Gasteiger partial charge >= 0.3 is 0 Å². The Morgan fingerprint density at radius 2 is 1.90 bits per heavy atom. The average Bonchev–Trinajstić information content (AvgIpc) is 2.73. The van der Waals surface area contributed by atoms with Crippen LogP contribution in [0.15, 0.2) is 58.5 Å². The monoisotopic (exact) mass is 413 g/mol. The number of hydrogen-bond acceptors (Lipinski definition) is 4. The van der Waals surface area contributed by atoms with Crippen molar-refractivity contribution in [2.45, 2.75) is 38.0 Å². The second kappa shape index (κ2) is 9.22. The lowest BCUT2D eigenvalue weighted by molar-refractivity contribution is -0.127. The SMILES string of the molecule is CC[C@@H](C)n1c(SCC(=O)N(C)Cc2ccc(F)cc2)nc2ccccc2c1=O. The maximum Gasteiger partial charge on any atom is 0.262 e. The summed E-state index contributed by atoms with van der Waals surface area (Å²) in [7, 11) is 1.71. The zero-order valence-electron chi connectivity index (χ0n) is 16.8. The Bertz CT molecular complexity index is 1070. The van der Waals surface area contributed by atoms with Crippen LogP contribution in [0.25, 0.3) is 10.9 Å². The number of fused-ring (bicyclic) bond motifs is 1. The van der Waals surface area contributed by atoms with Gasteiger partial charge in [-0.25, -0.2) is 9.37 Å². The van der Waals surface area contributed by atoms with Crippen LogP contribution in [0, 0.1) is 5.82 Å². The Morgan fingerprint density at radius 1 is 1.21 bits per heavy atom. The number of hydrogen-bond donors (Lipinski definition) is 0. The number of nitrogens with zero attached hydrogens (tertiary/aromatic N) is 3. The summed E-state index contributed by atoms with van der Waals surface area (Å²) in [6, 6.07) is 13.3. The summed E-state index contributed by atoms with van der Waals surface area (Å²) in [5, 5.41) is 1.13. The minimum Gasteiger partial charge on any atom is -0.341 e. The number of thioether (sulfide) groups is 1. The lowest BCUT2D eigenvalue weighted by Gasteiger charge is -2.20. The van der Waals surface area contributed by atoms with E-state index in [0.29, 0.717) is 22.6 Å². The molecule has 0 saturated carbocycles. The number of amides is 1. The maximum absolute atomic E-state index is 13.0. The first-order chi connectivity index (χ1) is 13.9. The van der Waals surface area contributed by atoms with Gasteiger partial charge in [0.15, 0.2) is 5.16 Å². The molecule has 1 atom stereocenters. The molecule has 3 aromatic rings. The van der Waals surface area contributed by atoms with Gasteiger partial charge in [-0.2, -0.15) is 0 Å². The Balaban J connectivity index is 1.79. The molecule has 1 amide bonds. The number of benzene rings is 2. The van der Waals surface area contributed by atoms with Gasteiger partial charge in [0.2, 0.25) is 5.91 Å². The summed E-state index contributed by atoms with van der Waals surface area (Å²) >= 11 is 1.27. The highest BCUT2D eigenvalue weighted by Gasteiger charge is 2.18. The average molecular weight is 414 g/mol. The molecule has 7 heteroatoms. The van der Waals surface area contributed by atoms with Crippen LogP contribution in [0.5, 0.6) is 0 Å². The zero-order valence-corrected chi connectivity index (χ0v) is 17.6. The predicted molar refractivity (Wildman–Crippen MR) is 115 cm³/mol. The van der Waals surface area contributed by atoms with E-state index in [0.717, 1.165) is 12.0 Å². The second-order valence-corrected chi connectivity index (χ2v) is 7.95. The highest BCUT2D eigenvalue weighted by molar-refractivity contribution is 7.99. The van der Waals surface area contributed by atoms with Crippen molar-refractivity contribution in [1.29, 1.82) is 0 Å². The van der Waals surface area contributed by atoms with E-state index < -0.39 is 0 Å². The number of para-hydroxylation sites is 1. The van der Waals surface area contributed by atoms with Crippen molar-refractivity contribution in [2.24, 2.45) is 0 Å². The van der Waals surface area contributed by atoms with E-state index in [1.54, 1.807) is 34.7 Å². The van der Waals surface area contributed by atoms with E-state index >= 15 is 0 Å². The third-order valence-electron chi connectivity index (χ3n) is 4.89. The molecule has 29 heavy (non-hydrogen) atoms. The van der Waals surface area contributed by atoms with Crippen LogP contribution in [-0.4, -0.2) is 33.2 Å². The first-order valence-corrected chi connectivity index (χ1v) is 10.5. The van der Waals surface area contributed by atoms with E-state index in [2.05, 4.69) is 4.98 Å². The molecule has 0 fully saturated rings. The molecule has 0 radical (unpaired) electrons. The zero-order chi connectivity index (χ0) is 21.0. The summed E-state index contributed by atoms with van der Waals surface area (Å²) in [6.07, 6.45) is 0.784. The molecule has 0 bridgehead atoms. The highest BCUT2D eigenvalue weighted by atomic mass is 32.2. The Labute approximate surface area is 173 Å². The summed E-state index contributed by atoms with van der Waals surface area (Å²) in [5.74, 6) is -0.222. The maximum atomic E-state index is 13.0. The van der Waals surface area contributed by atoms with Crippen molar-refractivity contribution in [1.82, 2.24) is 14.5 Å². The van der Waals surface area contributed by atoms with Gasteiger partial charge in [-0.3, -0.25) is 14.2 Å². The number of rotatable bonds is 7. The van der Waals surface area contributed by atoms with E-state index in [4.69, 9.17) is 0 Å². The normalized spacial score (nSPS) is 12.1. The van der Waals surface area contributed by atoms with E-state index in [-0.39, 0.29) is 29.1 Å². The Morgan fingerprint density at radius 3 is 2.59 bits per heavy atom. The van der Waals surface area contributed by atoms with Gasteiger partial charge in [0.05, 0.1) is 16.7 Å². The van der Waals surface area contributed by atoms with Crippen LogP contribution in [0.2, 0.25) is 0 Å². The van der Waals surface area contributed by atoms with Crippen LogP contribution >= 0.6 is 11.8 Å². The molecule has 3 rings (SSSR count). The summed E-state index contributed by atoms with van der Waals surface area (Å²) in [4.78, 5) is 31.8. The molecule has 0 aliphatic rings. The molecule has 0 aliphatic heterocycles. The smallest absolute Gasteiger partial charge is 0.262 e. The van der Waals surface area contributed by atoms with Crippen LogP contribution in [0.4, 0.5) is 4.39 Å². The van der Waals surface area contributed by atoms with Gasteiger partial charge in [-0.05, 0) is 43.2 Å². The highest BCUT2D eigenvalue weighted by Crippen LogP contribution is 2.22. The van der Waals surface area contributed by atoms with Crippen LogP contribution in [-0.2, 0) is 11.3 Å². The fourth-order valence-electron chi connectivity index (χ4n) is 2.99. The molecule has 152 valence electrons. The standard InChI is InChI=1S/C22H24FN3O2S/c1-4-15(2)26-21(28)18-7-5-6-8-19(18)24-22(26)29-14-20(27)25(3)13-16-9-11-17(23)12-10-16/h5-12,15H,4,13-14H2,1-3H3/t15-/m1/s1. The lowest BCUT2D eigenvalue weighted by atomic mass is 10.2. The molecule has 2 aromatic carbocycles. The second-order valence-electron chi connectivity index (χ2n) is 7.01. The first kappa shape index (κ1) is 21.0. The Hall–Kier alpha value is -2.67. The van der Waals surface area contributed by atoms with Gasteiger partial charge in [0.1, 0.15) is 5.82 Å². The van der Waals surface area contributed by atoms with Gasteiger partial charge in [0.25, 0.3) is 5.56 Å². The number of halogens is 1. The van der Waals surface area contributed by atoms with E-state index in [9.17, 15) is 14.0 Å². The van der Waals surface area contributed by atoms with Gasteiger partial charge in [0, 0.05) is 19.6 Å². The number of carbonyl (C=O) groups is 1. The molecule has 1 aromatic heterocycles. The van der Waals surface area contributed by atoms with Crippen molar-refractivity contribution < 1.29 is 9.18 Å². The molecule has 0 aliphatic carbocycles. The largest absolute Gasteiger partial charge is 0.341 e. The van der Waals surface area contributed by atoms with E-state index in [1.165, 1.54) is 23.9 Å². The summed E-state index contributed by atoms with van der Waals surface area (Å²) in [5.41, 5.74) is 1.40. The topological polar surface area (TPSA) is 55.2 Å². The fraction of sp³-hybridized carbons (Fsp3) is 0.318. The molecular formula is C22H24FN3O2S. The molecular weight excluding hydrogens is 389 g/mol. The molecule has 1 heterocycles. The third kappa shape index (κ3) is 4.85. The van der Waals surface area contributed by atoms with Crippen molar-refractivity contribution in [3.63, 3.8) is 0 Å². The molecule has 0 unspecified atom stereocenters. The summed E-state index contributed by atoms with van der Waals surface area (Å²) < 4.78 is 14.7. The molecule has 0 spiro atoms. The van der Waals surface area contributed by atoms with Crippen LogP contribution in [0.3, 0.4) is 0 Å². The molecule has 0 saturated heterocycles. The predicted octanol–water partition coefficient (Wildman–Crippen LogP) is 4.26. The van der Waals surface area contributed by atoms with Crippen molar-refractivity contribution in [2.75, 3.05) is 12.8 Å². The lowest BCUT2D eigenvalue weighted by Crippen LogP contribution is -2.29. The van der Waals surface area contributed by atoms with Crippen LogP contribution in [0.1, 0.15) is 31.9 Å². The fourth-order valence-corrected chi connectivity index (χ4v) is 4.02. The van der Waals surface area contributed by atoms with Crippen LogP contribution < -0.4 is 5.56 Å². The van der Waals surface area contributed by atoms with Crippen molar-refractivity contribution in [3.05, 3.63) is 70.3 Å². The minimum absolute atomic E-state index is 0.0193. The summed E-state index contributed by atoms with van der Waals surface area (Å²) in [6.45, 7) is 4.38. The quantitative estimate of drug-likeness (QED) is 0.429. The van der Waals surface area contributed by atoms with Crippen molar-refractivity contribution in [3.8, 4) is 0 Å². The van der Waals surface area contributed by atoms with Gasteiger partial charge in [-0.1, -0.05) is 43.0 Å². The first-order valence-electron chi connectivity index (χ1n) is 9.53. The van der Waals surface area contributed by atoms with Crippen molar-refractivity contribution >= 4 is 28.6 Å². The minimum atomic E-state index is -0.302. The van der Waals surface area contributed by atoms with Gasteiger partial charge < -0.3 is 4.90 Å². The van der Waals surface area contributed by atoms with Gasteiger partial charge in [-0.15, -0.1) is 0 Å². The number of carbonyl (C=O) groups excluding carboxylic acids is 1. The molecule has 5 nitrogen and oxygen atoms in total. The third-order valence-corrected chi connectivity index (χ3v) is 5.83.